The predicted molar refractivity (Wildman–Crippen MR) is 117 cm³/mol. The largest absolute Gasteiger partial charge is 0.496 e. The Hall–Kier alpha value is -3.39. The number of nitrogens with one attached hydrogen (secondary N) is 1. The summed E-state index contributed by atoms with van der Waals surface area (Å²) in [4.78, 5) is 30.2. The maximum absolute atomic E-state index is 12.6. The molecule has 9 heteroatoms. The van der Waals surface area contributed by atoms with Crippen molar-refractivity contribution >= 4 is 35.0 Å². The van der Waals surface area contributed by atoms with Gasteiger partial charge in [-0.3, -0.25) is 4.79 Å². The predicted octanol–water partition coefficient (Wildman–Crippen LogP) is 3.11. The summed E-state index contributed by atoms with van der Waals surface area (Å²) in [6, 6.07) is 10.8. The van der Waals surface area contributed by atoms with Crippen LogP contribution in [0.5, 0.6) is 5.75 Å². The second kappa shape index (κ2) is 8.96. The number of nitrogens with zero attached hydrogens (tertiary/aromatic N) is 5. The maximum Gasteiger partial charge on any atom is 0.259 e. The van der Waals surface area contributed by atoms with Crippen molar-refractivity contribution in [3.63, 3.8) is 0 Å². The maximum atomic E-state index is 12.6. The molecule has 0 unspecified atom stereocenters. The Labute approximate surface area is 179 Å². The molecule has 1 saturated heterocycles. The molecule has 0 saturated carbocycles. The minimum atomic E-state index is -0.338. The summed E-state index contributed by atoms with van der Waals surface area (Å²) in [7, 11) is 1.51. The lowest BCUT2D eigenvalue weighted by Crippen LogP contribution is -2.47. The monoisotopic (exact) mass is 424 g/mol. The van der Waals surface area contributed by atoms with Gasteiger partial charge in [0.15, 0.2) is 0 Å². The Morgan fingerprint density at radius 1 is 1.03 bits per heavy atom. The lowest BCUT2D eigenvalue weighted by atomic mass is 10.2. The van der Waals surface area contributed by atoms with E-state index in [1.165, 1.54) is 7.11 Å². The lowest BCUT2D eigenvalue weighted by molar-refractivity contribution is 0.102. The summed E-state index contributed by atoms with van der Waals surface area (Å²) in [5.74, 6) is 1.72. The van der Waals surface area contributed by atoms with Crippen LogP contribution in [0.15, 0.2) is 55.0 Å². The number of anilines is 3. The number of carbonyl (C=O) groups is 1. The quantitative estimate of drug-likeness (QED) is 0.673. The molecule has 0 atom stereocenters. The van der Waals surface area contributed by atoms with Gasteiger partial charge in [0.2, 0.25) is 5.95 Å². The fourth-order valence-electron chi connectivity index (χ4n) is 3.28. The third-order valence-corrected chi connectivity index (χ3v) is 5.07. The van der Waals surface area contributed by atoms with Gasteiger partial charge >= 0.3 is 0 Å². The molecule has 1 amide bonds. The minimum absolute atomic E-state index is 0.338. The number of methoxy groups -OCH3 is 1. The van der Waals surface area contributed by atoms with Crippen molar-refractivity contribution in [3.05, 3.63) is 65.6 Å². The van der Waals surface area contributed by atoms with E-state index in [0.29, 0.717) is 28.0 Å². The van der Waals surface area contributed by atoms with Gasteiger partial charge in [-0.1, -0.05) is 17.7 Å². The fourth-order valence-corrected chi connectivity index (χ4v) is 3.45. The van der Waals surface area contributed by atoms with Gasteiger partial charge in [-0.15, -0.1) is 0 Å². The molecule has 154 valence electrons. The van der Waals surface area contributed by atoms with E-state index in [1.54, 1.807) is 36.8 Å². The van der Waals surface area contributed by atoms with Crippen LogP contribution in [0, 0.1) is 0 Å². The number of pyridine rings is 1. The van der Waals surface area contributed by atoms with E-state index < -0.39 is 0 Å². The van der Waals surface area contributed by atoms with Crippen LogP contribution in [-0.4, -0.2) is 54.1 Å². The van der Waals surface area contributed by atoms with Crippen LogP contribution in [-0.2, 0) is 0 Å². The van der Waals surface area contributed by atoms with E-state index in [9.17, 15) is 4.79 Å². The number of halogens is 1. The first kappa shape index (κ1) is 19.9. The molecule has 2 aromatic heterocycles. The van der Waals surface area contributed by atoms with Gasteiger partial charge < -0.3 is 19.9 Å². The Morgan fingerprint density at radius 3 is 2.43 bits per heavy atom. The highest BCUT2D eigenvalue weighted by molar-refractivity contribution is 6.31. The molecule has 3 aromatic rings. The summed E-state index contributed by atoms with van der Waals surface area (Å²) >= 11 is 6.00. The molecule has 0 bridgehead atoms. The summed E-state index contributed by atoms with van der Waals surface area (Å²) < 4.78 is 5.23. The van der Waals surface area contributed by atoms with Gasteiger partial charge in [0.05, 0.1) is 30.8 Å². The van der Waals surface area contributed by atoms with E-state index in [0.717, 1.165) is 32.0 Å². The molecule has 0 aliphatic carbocycles. The molecule has 8 nitrogen and oxygen atoms in total. The van der Waals surface area contributed by atoms with Gasteiger partial charge in [0.25, 0.3) is 5.91 Å². The number of hydrogen-bond donors (Lipinski definition) is 1. The van der Waals surface area contributed by atoms with Crippen molar-refractivity contribution in [1.29, 1.82) is 0 Å². The molecule has 1 aliphatic rings. The Bertz CT molecular complexity index is 1010. The Balaban J connectivity index is 1.38. The summed E-state index contributed by atoms with van der Waals surface area (Å²) in [6.45, 7) is 3.27. The standard InChI is InChI=1S/C21H21ClN6O2/c1-30-18-6-5-15(22)12-17(18)20(29)26-16-13-24-21(25-14-16)28-10-8-27(9-11-28)19-4-2-3-7-23-19/h2-7,12-14H,8-11H2,1H3,(H,26,29). The first-order chi connectivity index (χ1) is 14.6. The number of ether oxygens (including phenoxy) is 1. The van der Waals surface area contributed by atoms with Gasteiger partial charge in [-0.2, -0.15) is 0 Å². The molecule has 3 heterocycles. The van der Waals surface area contributed by atoms with Crippen LogP contribution < -0.4 is 19.9 Å². The molecule has 1 aliphatic heterocycles. The molecule has 30 heavy (non-hydrogen) atoms. The fraction of sp³-hybridized carbons (Fsp3) is 0.238. The van der Waals surface area contributed by atoms with Crippen LogP contribution in [0.25, 0.3) is 0 Å². The van der Waals surface area contributed by atoms with E-state index in [-0.39, 0.29) is 5.91 Å². The Kier molecular flexibility index (Phi) is 5.94. The Morgan fingerprint density at radius 2 is 1.77 bits per heavy atom. The third-order valence-electron chi connectivity index (χ3n) is 4.84. The first-order valence-electron chi connectivity index (χ1n) is 9.52. The van der Waals surface area contributed by atoms with Crippen molar-refractivity contribution in [2.45, 2.75) is 0 Å². The molecule has 0 spiro atoms. The van der Waals surface area contributed by atoms with Crippen molar-refractivity contribution in [2.24, 2.45) is 0 Å². The zero-order valence-electron chi connectivity index (χ0n) is 16.5. The highest BCUT2D eigenvalue weighted by atomic mass is 35.5. The third kappa shape index (κ3) is 4.44. The van der Waals surface area contributed by atoms with Crippen molar-refractivity contribution < 1.29 is 9.53 Å². The number of rotatable bonds is 5. The summed E-state index contributed by atoms with van der Waals surface area (Å²) in [6.07, 6.45) is 5.00. The second-order valence-corrected chi connectivity index (χ2v) is 7.17. The SMILES string of the molecule is COc1ccc(Cl)cc1C(=O)Nc1cnc(N2CCN(c3ccccn3)CC2)nc1. The second-order valence-electron chi connectivity index (χ2n) is 6.73. The van der Waals surface area contributed by atoms with Crippen molar-refractivity contribution in [1.82, 2.24) is 15.0 Å². The summed E-state index contributed by atoms with van der Waals surface area (Å²) in [5, 5.41) is 3.24. The molecule has 0 radical (unpaired) electrons. The molecule has 1 fully saturated rings. The zero-order valence-corrected chi connectivity index (χ0v) is 17.2. The zero-order chi connectivity index (χ0) is 20.9. The van der Waals surface area contributed by atoms with Crippen LogP contribution in [0.3, 0.4) is 0 Å². The van der Waals surface area contributed by atoms with Gasteiger partial charge in [-0.25, -0.2) is 15.0 Å². The number of amides is 1. The van der Waals surface area contributed by atoms with E-state index in [2.05, 4.69) is 30.1 Å². The molecule has 1 N–H and O–H groups in total. The van der Waals surface area contributed by atoms with Crippen molar-refractivity contribution in [2.75, 3.05) is 48.4 Å². The average Bonchev–Trinajstić information content (AvgIpc) is 2.80. The molecule has 1 aromatic carbocycles. The summed E-state index contributed by atoms with van der Waals surface area (Å²) in [5.41, 5.74) is 0.845. The van der Waals surface area contributed by atoms with Gasteiger partial charge in [0.1, 0.15) is 11.6 Å². The number of piperazine rings is 1. The van der Waals surface area contributed by atoms with E-state index in [4.69, 9.17) is 16.3 Å². The van der Waals surface area contributed by atoms with Crippen LogP contribution in [0.4, 0.5) is 17.5 Å². The van der Waals surface area contributed by atoms with E-state index >= 15 is 0 Å². The van der Waals surface area contributed by atoms with Crippen LogP contribution >= 0.6 is 11.6 Å². The van der Waals surface area contributed by atoms with Gasteiger partial charge in [-0.05, 0) is 30.3 Å². The number of benzene rings is 1. The molecule has 4 rings (SSSR count). The number of aromatic nitrogens is 3. The van der Waals surface area contributed by atoms with Gasteiger partial charge in [0, 0.05) is 37.4 Å². The minimum Gasteiger partial charge on any atom is -0.496 e. The average molecular weight is 425 g/mol. The highest BCUT2D eigenvalue weighted by Crippen LogP contribution is 2.24. The number of hydrogen-bond acceptors (Lipinski definition) is 7. The molecular formula is C21H21ClN6O2. The topological polar surface area (TPSA) is 83.5 Å². The highest BCUT2D eigenvalue weighted by Gasteiger charge is 2.20. The van der Waals surface area contributed by atoms with Crippen LogP contribution in [0.2, 0.25) is 5.02 Å². The number of carbonyl (C=O) groups excluding carboxylic acids is 1. The smallest absolute Gasteiger partial charge is 0.259 e. The first-order valence-corrected chi connectivity index (χ1v) is 9.90. The van der Waals surface area contributed by atoms with Crippen LogP contribution in [0.1, 0.15) is 10.4 Å². The van der Waals surface area contributed by atoms with Crippen molar-refractivity contribution in [3.8, 4) is 5.75 Å². The lowest BCUT2D eigenvalue weighted by Gasteiger charge is -2.35. The van der Waals surface area contributed by atoms with E-state index in [1.807, 2.05) is 18.2 Å². The molecular weight excluding hydrogens is 404 g/mol. The normalized spacial score (nSPS) is 13.8.